The minimum absolute atomic E-state index is 0.147. The van der Waals surface area contributed by atoms with Crippen LogP contribution in [0.25, 0.3) is 0 Å². The van der Waals surface area contributed by atoms with Gasteiger partial charge in [0.1, 0.15) is 0 Å². The van der Waals surface area contributed by atoms with Crippen LogP contribution in [0.5, 0.6) is 0 Å². The lowest BCUT2D eigenvalue weighted by atomic mass is 10.0. The lowest BCUT2D eigenvalue weighted by Crippen LogP contribution is -2.01. The molecule has 0 aromatic rings. The van der Waals surface area contributed by atoms with Crippen molar-refractivity contribution >= 4 is 5.97 Å². The topological polar surface area (TPSA) is 38.8 Å². The molecule has 1 heterocycles. The highest BCUT2D eigenvalue weighted by Gasteiger charge is 2.36. The molecule has 3 nitrogen and oxygen atoms in total. The minimum atomic E-state index is -0.147. The summed E-state index contributed by atoms with van der Waals surface area (Å²) in [5, 5.41) is 0. The van der Waals surface area contributed by atoms with Gasteiger partial charge in [-0.2, -0.15) is 0 Å². The fraction of sp³-hybridized carbons (Fsp3) is 0.857. The highest BCUT2D eigenvalue weighted by atomic mass is 16.6. The Balaban J connectivity index is 1.80. The van der Waals surface area contributed by atoms with Crippen LogP contribution in [-0.2, 0) is 14.3 Å². The maximum Gasteiger partial charge on any atom is 0.310 e. The first kappa shape index (κ1) is 21.2. The molecule has 0 radical (unpaired) electrons. The smallest absolute Gasteiger partial charge is 0.310 e. The second-order valence-electron chi connectivity index (χ2n) is 7.25. The van der Waals surface area contributed by atoms with Gasteiger partial charge in [0.25, 0.3) is 0 Å². The zero-order valence-electron chi connectivity index (χ0n) is 16.0. The average molecular weight is 339 g/mol. The number of carbonyl (C=O) groups excluding carboxylic acids is 1. The predicted octanol–water partition coefficient (Wildman–Crippen LogP) is 6.31. The molecule has 0 aromatic heterocycles. The van der Waals surface area contributed by atoms with Crippen molar-refractivity contribution in [2.24, 2.45) is 0 Å². The Morgan fingerprint density at radius 2 is 1.38 bits per heavy atom. The van der Waals surface area contributed by atoms with Crippen LogP contribution < -0.4 is 0 Å². The molecule has 2 unspecified atom stereocenters. The number of ether oxygens (including phenoxy) is 2. The van der Waals surface area contributed by atoms with Crippen molar-refractivity contribution in [1.82, 2.24) is 0 Å². The maximum absolute atomic E-state index is 11.3. The molecule has 0 aliphatic carbocycles. The van der Waals surface area contributed by atoms with Gasteiger partial charge < -0.3 is 9.47 Å². The quantitative estimate of drug-likeness (QED) is 0.143. The molecule has 1 aliphatic rings. The summed E-state index contributed by atoms with van der Waals surface area (Å²) >= 11 is 0. The van der Waals surface area contributed by atoms with Crippen LogP contribution in [0.1, 0.15) is 104 Å². The lowest BCUT2D eigenvalue weighted by molar-refractivity contribution is -0.139. The Kier molecular flexibility index (Phi) is 11.9. The number of rotatable bonds is 16. The van der Waals surface area contributed by atoms with Crippen LogP contribution in [0, 0.1) is 0 Å². The molecule has 0 N–H and O–H groups in total. The number of hydrogen-bond acceptors (Lipinski definition) is 3. The number of epoxide rings is 1. The summed E-state index contributed by atoms with van der Waals surface area (Å²) in [7, 11) is 0. The van der Waals surface area contributed by atoms with Crippen molar-refractivity contribution < 1.29 is 14.3 Å². The molecule has 140 valence electrons. The number of esters is 1. The molecule has 0 spiro atoms. The molecule has 2 atom stereocenters. The van der Waals surface area contributed by atoms with E-state index in [1.54, 1.807) is 6.92 Å². The molecule has 1 aliphatic heterocycles. The first-order chi connectivity index (χ1) is 11.6. The SMILES string of the molecule is C=C(C)OC(=O)CCCCCCCC1OC1CCCCCCCC. The summed E-state index contributed by atoms with van der Waals surface area (Å²) in [6.07, 6.45) is 18.1. The van der Waals surface area contributed by atoms with E-state index >= 15 is 0 Å². The monoisotopic (exact) mass is 338 g/mol. The number of allylic oxidation sites excluding steroid dienone is 1. The van der Waals surface area contributed by atoms with Crippen molar-refractivity contribution in [3.05, 3.63) is 12.3 Å². The Morgan fingerprint density at radius 1 is 0.875 bits per heavy atom. The minimum Gasteiger partial charge on any atom is -0.432 e. The molecule has 0 saturated carbocycles. The van der Waals surface area contributed by atoms with E-state index in [2.05, 4.69) is 13.5 Å². The standard InChI is InChI=1S/C21H38O3/c1-4-5-6-7-9-12-15-19-20(24-19)16-13-10-8-11-14-17-21(22)23-18(2)3/h19-20H,2,4-17H2,1,3H3. The second kappa shape index (κ2) is 13.5. The van der Waals surface area contributed by atoms with Gasteiger partial charge in [0.05, 0.1) is 18.0 Å². The van der Waals surface area contributed by atoms with Crippen molar-refractivity contribution in [3.63, 3.8) is 0 Å². The van der Waals surface area contributed by atoms with Gasteiger partial charge in [-0.15, -0.1) is 0 Å². The molecule has 1 saturated heterocycles. The summed E-state index contributed by atoms with van der Waals surface area (Å²) in [4.78, 5) is 11.3. The van der Waals surface area contributed by atoms with E-state index in [1.807, 2.05) is 0 Å². The van der Waals surface area contributed by atoms with E-state index in [1.165, 1.54) is 70.6 Å². The normalized spacial score (nSPS) is 19.2. The third kappa shape index (κ3) is 11.7. The fourth-order valence-electron chi connectivity index (χ4n) is 3.20. The summed E-state index contributed by atoms with van der Waals surface area (Å²) in [6.45, 7) is 7.54. The zero-order valence-corrected chi connectivity index (χ0v) is 16.0. The van der Waals surface area contributed by atoms with Crippen LogP contribution in [0.3, 0.4) is 0 Å². The molecule has 3 heteroatoms. The van der Waals surface area contributed by atoms with Gasteiger partial charge in [-0.3, -0.25) is 4.79 Å². The third-order valence-electron chi connectivity index (χ3n) is 4.69. The van der Waals surface area contributed by atoms with Crippen LogP contribution in [0.4, 0.5) is 0 Å². The number of hydrogen-bond donors (Lipinski definition) is 0. The Hall–Kier alpha value is -0.830. The van der Waals surface area contributed by atoms with Crippen molar-refractivity contribution in [3.8, 4) is 0 Å². The molecule has 0 aromatic carbocycles. The summed E-state index contributed by atoms with van der Waals surface area (Å²) in [5.74, 6) is 0.339. The van der Waals surface area contributed by atoms with E-state index in [0.717, 1.165) is 12.8 Å². The molecule has 0 amide bonds. The van der Waals surface area contributed by atoms with E-state index in [4.69, 9.17) is 9.47 Å². The Morgan fingerprint density at radius 3 is 1.92 bits per heavy atom. The van der Waals surface area contributed by atoms with Gasteiger partial charge in [-0.1, -0.05) is 77.7 Å². The van der Waals surface area contributed by atoms with E-state index < -0.39 is 0 Å². The first-order valence-corrected chi connectivity index (χ1v) is 10.1. The predicted molar refractivity (Wildman–Crippen MR) is 99.9 cm³/mol. The number of unbranched alkanes of at least 4 members (excludes halogenated alkanes) is 9. The van der Waals surface area contributed by atoms with E-state index in [0.29, 0.717) is 24.4 Å². The molecule has 0 bridgehead atoms. The largest absolute Gasteiger partial charge is 0.432 e. The summed E-state index contributed by atoms with van der Waals surface area (Å²) in [6, 6.07) is 0. The molecular weight excluding hydrogens is 300 g/mol. The van der Waals surface area contributed by atoms with Crippen molar-refractivity contribution in [2.75, 3.05) is 0 Å². The van der Waals surface area contributed by atoms with Gasteiger partial charge in [-0.25, -0.2) is 0 Å². The first-order valence-electron chi connectivity index (χ1n) is 10.1. The second-order valence-corrected chi connectivity index (χ2v) is 7.25. The van der Waals surface area contributed by atoms with Gasteiger partial charge in [0, 0.05) is 6.42 Å². The average Bonchev–Trinajstić information content (AvgIpc) is 3.27. The van der Waals surface area contributed by atoms with Crippen LogP contribution in [0.2, 0.25) is 0 Å². The van der Waals surface area contributed by atoms with Crippen LogP contribution in [-0.4, -0.2) is 18.2 Å². The number of carbonyl (C=O) groups is 1. The van der Waals surface area contributed by atoms with Crippen LogP contribution >= 0.6 is 0 Å². The van der Waals surface area contributed by atoms with Gasteiger partial charge in [0.15, 0.2) is 0 Å². The molecule has 1 fully saturated rings. The zero-order chi connectivity index (χ0) is 17.6. The Labute approximate surface area is 149 Å². The fourth-order valence-corrected chi connectivity index (χ4v) is 3.20. The highest BCUT2D eigenvalue weighted by molar-refractivity contribution is 5.70. The van der Waals surface area contributed by atoms with E-state index in [-0.39, 0.29) is 5.97 Å². The van der Waals surface area contributed by atoms with Crippen molar-refractivity contribution in [1.29, 1.82) is 0 Å². The van der Waals surface area contributed by atoms with Gasteiger partial charge in [0.2, 0.25) is 0 Å². The van der Waals surface area contributed by atoms with Crippen molar-refractivity contribution in [2.45, 2.75) is 116 Å². The van der Waals surface area contributed by atoms with Gasteiger partial charge >= 0.3 is 5.97 Å². The van der Waals surface area contributed by atoms with Crippen LogP contribution in [0.15, 0.2) is 12.3 Å². The molecular formula is C21H38O3. The summed E-state index contributed by atoms with van der Waals surface area (Å²) in [5.41, 5.74) is 0. The highest BCUT2D eigenvalue weighted by Crippen LogP contribution is 2.31. The summed E-state index contributed by atoms with van der Waals surface area (Å²) < 4.78 is 10.7. The third-order valence-corrected chi connectivity index (χ3v) is 4.69. The van der Waals surface area contributed by atoms with Gasteiger partial charge in [-0.05, 0) is 26.2 Å². The molecule has 1 rings (SSSR count). The van der Waals surface area contributed by atoms with E-state index in [9.17, 15) is 4.79 Å². The lowest BCUT2D eigenvalue weighted by Gasteiger charge is -2.03. The maximum atomic E-state index is 11.3. The Bertz CT molecular complexity index is 351. The molecule has 24 heavy (non-hydrogen) atoms.